The highest BCUT2D eigenvalue weighted by Crippen LogP contribution is 2.28. The number of rotatable bonds is 7. The molecule has 9 heteroatoms. The lowest BCUT2D eigenvalue weighted by atomic mass is 10.1. The second-order valence-electron chi connectivity index (χ2n) is 6.68. The molecule has 0 aliphatic rings. The summed E-state index contributed by atoms with van der Waals surface area (Å²) in [5.74, 6) is -1.15. The number of nitrogens with one attached hydrogen (secondary N) is 2. The van der Waals surface area contributed by atoms with Gasteiger partial charge in [-0.15, -0.1) is 11.3 Å². The molecule has 28 heavy (non-hydrogen) atoms. The highest BCUT2D eigenvalue weighted by Gasteiger charge is 2.25. The van der Waals surface area contributed by atoms with Crippen LogP contribution < -0.4 is 5.32 Å². The summed E-state index contributed by atoms with van der Waals surface area (Å²) >= 11 is 1.24. The van der Waals surface area contributed by atoms with Crippen LogP contribution in [-0.4, -0.2) is 41.5 Å². The number of aromatic amines is 1. The number of amides is 1. The highest BCUT2D eigenvalue weighted by molar-refractivity contribution is 7.16. The Morgan fingerprint density at radius 1 is 1.21 bits per heavy atom. The first-order chi connectivity index (χ1) is 13.2. The van der Waals surface area contributed by atoms with Crippen molar-refractivity contribution in [2.75, 3.05) is 19.0 Å². The van der Waals surface area contributed by atoms with Gasteiger partial charge in [0.1, 0.15) is 5.69 Å². The van der Waals surface area contributed by atoms with Crippen molar-refractivity contribution in [1.82, 2.24) is 9.97 Å². The molecule has 1 amide bonds. The Kier molecular flexibility index (Phi) is 6.95. The number of carbonyl (C=O) groups is 3. The van der Waals surface area contributed by atoms with E-state index in [1.807, 2.05) is 13.8 Å². The number of anilines is 1. The maximum absolute atomic E-state index is 12.8. The van der Waals surface area contributed by atoms with Crippen molar-refractivity contribution in [3.05, 3.63) is 33.1 Å². The number of methoxy groups -OCH3 is 1. The molecular formula is C19H25N3O5S. The molecule has 2 aromatic heterocycles. The first-order valence-corrected chi connectivity index (χ1v) is 9.76. The van der Waals surface area contributed by atoms with Crippen molar-refractivity contribution >= 4 is 34.3 Å². The number of hydrogen-bond donors (Lipinski definition) is 2. The maximum atomic E-state index is 12.8. The van der Waals surface area contributed by atoms with Gasteiger partial charge in [0.05, 0.1) is 19.3 Å². The number of aryl methyl sites for hydroxylation is 1. The first-order valence-electron chi connectivity index (χ1n) is 8.95. The van der Waals surface area contributed by atoms with E-state index in [0.29, 0.717) is 34.3 Å². The zero-order valence-electron chi connectivity index (χ0n) is 16.9. The molecule has 0 unspecified atom stereocenters. The normalized spacial score (nSPS) is 10.8. The second-order valence-corrected chi connectivity index (χ2v) is 7.76. The molecule has 0 aliphatic carbocycles. The molecule has 0 saturated heterocycles. The van der Waals surface area contributed by atoms with E-state index in [1.165, 1.54) is 18.4 Å². The second kappa shape index (κ2) is 9.01. The minimum Gasteiger partial charge on any atom is -0.464 e. The SMILES string of the molecule is CCOC(=O)c1[nH]c(C)c(C(=O)Nc2nc(C(=O)OC)c(CC(C)C)s2)c1C. The number of thiazole rings is 1. The molecule has 0 bridgehead atoms. The summed E-state index contributed by atoms with van der Waals surface area (Å²) in [6.07, 6.45) is 0.646. The Labute approximate surface area is 167 Å². The number of esters is 2. The van der Waals surface area contributed by atoms with Crippen molar-refractivity contribution in [3.8, 4) is 0 Å². The van der Waals surface area contributed by atoms with Crippen molar-refractivity contribution in [1.29, 1.82) is 0 Å². The number of hydrogen-bond acceptors (Lipinski definition) is 7. The molecular weight excluding hydrogens is 382 g/mol. The van der Waals surface area contributed by atoms with Crippen LogP contribution in [0.2, 0.25) is 0 Å². The lowest BCUT2D eigenvalue weighted by Gasteiger charge is -2.03. The molecule has 0 spiro atoms. The van der Waals surface area contributed by atoms with Gasteiger partial charge in [-0.05, 0) is 38.7 Å². The summed E-state index contributed by atoms with van der Waals surface area (Å²) in [6.45, 7) is 9.40. The smallest absolute Gasteiger partial charge is 0.357 e. The van der Waals surface area contributed by atoms with Crippen molar-refractivity contribution < 1.29 is 23.9 Å². The molecule has 0 radical (unpaired) electrons. The molecule has 0 fully saturated rings. The quantitative estimate of drug-likeness (QED) is 0.680. The van der Waals surface area contributed by atoms with E-state index in [0.717, 1.165) is 4.88 Å². The maximum Gasteiger partial charge on any atom is 0.357 e. The Morgan fingerprint density at radius 2 is 1.89 bits per heavy atom. The van der Waals surface area contributed by atoms with E-state index in [4.69, 9.17) is 9.47 Å². The Balaban J connectivity index is 2.31. The van der Waals surface area contributed by atoms with Crippen LogP contribution in [0.4, 0.5) is 5.13 Å². The number of H-pyrrole nitrogens is 1. The van der Waals surface area contributed by atoms with Gasteiger partial charge in [-0.25, -0.2) is 14.6 Å². The van der Waals surface area contributed by atoms with E-state index < -0.39 is 17.8 Å². The van der Waals surface area contributed by atoms with Gasteiger partial charge in [-0.2, -0.15) is 0 Å². The summed E-state index contributed by atoms with van der Waals surface area (Å²) in [6, 6.07) is 0. The van der Waals surface area contributed by atoms with Crippen LogP contribution in [0.1, 0.15) is 68.2 Å². The highest BCUT2D eigenvalue weighted by atomic mass is 32.1. The van der Waals surface area contributed by atoms with Crippen molar-refractivity contribution in [2.24, 2.45) is 5.92 Å². The summed E-state index contributed by atoms with van der Waals surface area (Å²) in [7, 11) is 1.29. The lowest BCUT2D eigenvalue weighted by Crippen LogP contribution is -2.14. The fraction of sp³-hybridized carbons (Fsp3) is 0.474. The van der Waals surface area contributed by atoms with Crippen molar-refractivity contribution in [2.45, 2.75) is 41.0 Å². The zero-order chi connectivity index (χ0) is 21.0. The van der Waals surface area contributed by atoms with Gasteiger partial charge >= 0.3 is 11.9 Å². The van der Waals surface area contributed by atoms with Gasteiger partial charge in [0, 0.05) is 10.6 Å². The molecule has 0 aliphatic heterocycles. The molecule has 2 N–H and O–H groups in total. The molecule has 152 valence electrons. The summed E-state index contributed by atoms with van der Waals surface area (Å²) < 4.78 is 9.79. The summed E-state index contributed by atoms with van der Waals surface area (Å²) in [5.41, 5.74) is 1.86. The predicted octanol–water partition coefficient (Wildman–Crippen LogP) is 3.50. The number of ether oxygens (including phenoxy) is 2. The summed E-state index contributed by atoms with van der Waals surface area (Å²) in [4.78, 5) is 44.7. The van der Waals surface area contributed by atoms with Crippen LogP contribution >= 0.6 is 11.3 Å². The average molecular weight is 407 g/mol. The third kappa shape index (κ3) is 4.59. The van der Waals surface area contributed by atoms with Crippen LogP contribution in [0, 0.1) is 19.8 Å². The first kappa shape index (κ1) is 21.6. The molecule has 0 saturated carbocycles. The van der Waals surface area contributed by atoms with Gasteiger partial charge in [0.25, 0.3) is 5.91 Å². The van der Waals surface area contributed by atoms with Gasteiger partial charge in [0.15, 0.2) is 10.8 Å². The van der Waals surface area contributed by atoms with Gasteiger partial charge < -0.3 is 14.5 Å². The predicted molar refractivity (Wildman–Crippen MR) is 106 cm³/mol. The van der Waals surface area contributed by atoms with Gasteiger partial charge in [-0.3, -0.25) is 10.1 Å². The Bertz CT molecular complexity index is 898. The number of nitrogens with zero attached hydrogens (tertiary/aromatic N) is 1. The van der Waals surface area contributed by atoms with E-state index in [-0.39, 0.29) is 18.0 Å². The number of aromatic nitrogens is 2. The Hall–Kier alpha value is -2.68. The van der Waals surface area contributed by atoms with E-state index in [1.54, 1.807) is 20.8 Å². The third-order valence-corrected chi connectivity index (χ3v) is 5.03. The van der Waals surface area contributed by atoms with E-state index in [9.17, 15) is 14.4 Å². The Morgan fingerprint density at radius 3 is 2.46 bits per heavy atom. The monoisotopic (exact) mass is 407 g/mol. The molecule has 0 atom stereocenters. The van der Waals surface area contributed by atoms with Crippen LogP contribution in [0.15, 0.2) is 0 Å². The zero-order valence-corrected chi connectivity index (χ0v) is 17.7. The van der Waals surface area contributed by atoms with Gasteiger partial charge in [-0.1, -0.05) is 13.8 Å². The van der Waals surface area contributed by atoms with Crippen LogP contribution in [0.3, 0.4) is 0 Å². The van der Waals surface area contributed by atoms with Crippen LogP contribution in [0.25, 0.3) is 0 Å². The fourth-order valence-electron chi connectivity index (χ4n) is 2.83. The molecule has 8 nitrogen and oxygen atoms in total. The van der Waals surface area contributed by atoms with Crippen LogP contribution in [0.5, 0.6) is 0 Å². The molecule has 0 aromatic carbocycles. The fourth-order valence-corrected chi connectivity index (χ4v) is 3.98. The third-order valence-electron chi connectivity index (χ3n) is 4.03. The lowest BCUT2D eigenvalue weighted by molar-refractivity contribution is 0.0518. The molecule has 2 rings (SSSR count). The minimum atomic E-state index is -0.536. The minimum absolute atomic E-state index is 0.214. The van der Waals surface area contributed by atoms with Crippen LogP contribution in [-0.2, 0) is 15.9 Å². The molecule has 2 heterocycles. The standard InChI is InChI=1S/C19H25N3O5S/c1-7-27-18(25)14-10(4)13(11(5)20-14)16(23)22-19-21-15(17(24)26-6)12(28-19)8-9(2)3/h9,20H,7-8H2,1-6H3,(H,21,22,23). The number of carbonyl (C=O) groups excluding carboxylic acids is 3. The largest absolute Gasteiger partial charge is 0.464 e. The van der Waals surface area contributed by atoms with E-state index in [2.05, 4.69) is 15.3 Å². The van der Waals surface area contributed by atoms with Crippen molar-refractivity contribution in [3.63, 3.8) is 0 Å². The summed E-state index contributed by atoms with van der Waals surface area (Å²) in [5, 5.41) is 3.03. The van der Waals surface area contributed by atoms with Gasteiger partial charge in [0.2, 0.25) is 0 Å². The molecule has 2 aromatic rings. The van der Waals surface area contributed by atoms with E-state index >= 15 is 0 Å². The average Bonchev–Trinajstić information content (AvgIpc) is 3.14. The topological polar surface area (TPSA) is 110 Å².